The standard InChI is InChI=1S/C37H75N9O6Si.C35H70N8O7Si/c1-31(2)52-53(9)22-11-15-40-14-10-13-35(49)32-25-45(28-34(48)24-39-4)20-18-43(27-33(47)23-38-3)16-12-17-44(29-36(50)41(5)6)19-21-46(26-32)30-37(51)42(7)8;1-29(2)50-51(9)20-11-10-13-35(48)49-28-30-23-42(25-32(45)22-37-4)17-16-40(24-31(44)21-36-3)14-12-15-41(26-33(46)38(5)6)18-19-43(30)27-34(47)39(7)8/h31-32,38-40,53H,10-30H2,1-9H3;29-30,36-37,51H,10-28H2,1-9H3. The molecular formula is C72H145N17O13Si2. The van der Waals surface area contributed by atoms with Crippen LogP contribution in [0.3, 0.4) is 0 Å². The minimum Gasteiger partial charge on any atom is -0.464 e. The Morgan fingerprint density at radius 2 is 0.740 bits per heavy atom. The fraction of sp³-hybridized carbons (Fsp3) is 0.861. The quantitative estimate of drug-likeness (QED) is 0.0258. The van der Waals surface area contributed by atoms with Crippen LogP contribution < -0.4 is 26.6 Å². The van der Waals surface area contributed by atoms with Crippen molar-refractivity contribution in [2.75, 3.05) is 281 Å². The number of nitrogens with one attached hydrogen (secondary N) is 5. The Balaban J connectivity index is 0.00000104. The van der Waals surface area contributed by atoms with E-state index < -0.39 is 30.0 Å². The molecule has 4 unspecified atom stereocenters. The predicted molar refractivity (Wildman–Crippen MR) is 418 cm³/mol. The molecule has 104 heavy (non-hydrogen) atoms. The van der Waals surface area contributed by atoms with Crippen molar-refractivity contribution in [3.8, 4) is 0 Å². The summed E-state index contributed by atoms with van der Waals surface area (Å²) < 4.78 is 17.8. The average Bonchev–Trinajstić information content (AvgIpc) is 1.74. The van der Waals surface area contributed by atoms with E-state index in [1.165, 1.54) is 0 Å². The third kappa shape index (κ3) is 48.1. The number of likely N-dealkylation sites (N-methyl/N-ethyl adjacent to an activating group) is 8. The SMILES string of the molecule is CNCC(=O)CN1CCCN(CC(=O)N(C)C)CCN(CC(=O)N(C)C)C(COC(=O)CCCC[SiH](C)OC(C)C)CN(CC(=O)CNC)CC1.CNCC(=O)CN1CCCN(CC(=O)N(C)C)CCN(CC(=O)N(C)C)CC(C(=O)CCCNCCC[SiH](C)OC(C)C)CN(CC(=O)CNC)CC1. The van der Waals surface area contributed by atoms with Gasteiger partial charge in [-0.3, -0.25) is 87.1 Å². The van der Waals surface area contributed by atoms with Crippen molar-refractivity contribution in [1.29, 1.82) is 0 Å². The van der Waals surface area contributed by atoms with Gasteiger partial charge in [0, 0.05) is 159 Å². The van der Waals surface area contributed by atoms with Crippen molar-refractivity contribution < 1.29 is 61.5 Å². The highest BCUT2D eigenvalue weighted by Crippen LogP contribution is 2.16. The number of rotatable bonds is 44. The first-order valence-corrected chi connectivity index (χ1v) is 43.1. The molecule has 0 aromatic carbocycles. The maximum atomic E-state index is 14.1. The molecule has 0 spiro atoms. The van der Waals surface area contributed by atoms with Crippen molar-refractivity contribution in [3.05, 3.63) is 0 Å². The zero-order chi connectivity index (χ0) is 78.1. The minimum absolute atomic E-state index is 0.00731. The van der Waals surface area contributed by atoms with E-state index in [9.17, 15) is 47.9 Å². The smallest absolute Gasteiger partial charge is 0.305 e. The van der Waals surface area contributed by atoms with Gasteiger partial charge >= 0.3 is 5.97 Å². The number of ether oxygens (including phenoxy) is 1. The second-order valence-corrected chi connectivity index (χ2v) is 34.6. The van der Waals surface area contributed by atoms with Crippen LogP contribution in [0.2, 0.25) is 25.2 Å². The largest absolute Gasteiger partial charge is 0.464 e. The number of ketones is 5. The van der Waals surface area contributed by atoms with E-state index in [4.69, 9.17) is 13.6 Å². The molecule has 2 saturated heterocycles. The highest BCUT2D eigenvalue weighted by Gasteiger charge is 2.31. The molecule has 0 radical (unpaired) electrons. The van der Waals surface area contributed by atoms with Crippen molar-refractivity contribution in [2.45, 2.75) is 122 Å². The molecule has 4 atom stereocenters. The van der Waals surface area contributed by atoms with Crippen LogP contribution in [-0.4, -0.2) is 435 Å². The molecule has 5 N–H and O–H groups in total. The van der Waals surface area contributed by atoms with Gasteiger partial charge in [0.1, 0.15) is 12.4 Å². The Morgan fingerprint density at radius 1 is 0.404 bits per heavy atom. The molecule has 30 nitrogen and oxygen atoms in total. The van der Waals surface area contributed by atoms with Crippen LogP contribution in [0.15, 0.2) is 0 Å². The van der Waals surface area contributed by atoms with E-state index >= 15 is 0 Å². The molecule has 2 aliphatic rings. The van der Waals surface area contributed by atoms with Crippen molar-refractivity contribution >= 4 is 76.6 Å². The van der Waals surface area contributed by atoms with Gasteiger partial charge in [-0.1, -0.05) is 6.42 Å². The minimum atomic E-state index is -1.27. The summed E-state index contributed by atoms with van der Waals surface area (Å²) in [5.74, 6) is -0.617. The molecule has 2 aliphatic heterocycles. The van der Waals surface area contributed by atoms with Crippen molar-refractivity contribution in [1.82, 2.24) is 85.4 Å². The van der Waals surface area contributed by atoms with Crippen LogP contribution in [0.4, 0.5) is 0 Å². The maximum absolute atomic E-state index is 14.1. The molecule has 4 amide bonds. The summed E-state index contributed by atoms with van der Waals surface area (Å²) in [6.45, 7) is 24.6. The molecule has 0 saturated carbocycles. The van der Waals surface area contributed by atoms with E-state index in [2.05, 4.69) is 78.0 Å². The molecule has 2 heterocycles. The van der Waals surface area contributed by atoms with Gasteiger partial charge < -0.3 is 59.8 Å². The lowest BCUT2D eigenvalue weighted by Crippen LogP contribution is -2.54. The van der Waals surface area contributed by atoms with Crippen LogP contribution in [0.5, 0.6) is 0 Å². The fourth-order valence-corrected chi connectivity index (χ4v) is 16.1. The summed E-state index contributed by atoms with van der Waals surface area (Å²) in [6, 6.07) is 1.70. The zero-order valence-corrected chi connectivity index (χ0v) is 70.2. The van der Waals surface area contributed by atoms with E-state index in [0.717, 1.165) is 50.9 Å². The first-order valence-electron chi connectivity index (χ1n) is 38.3. The fourth-order valence-electron chi connectivity index (χ4n) is 12.4. The summed E-state index contributed by atoms with van der Waals surface area (Å²) in [6.07, 6.45) is 6.01. The molecule has 0 aromatic heterocycles. The number of carbonyl (C=O) groups excluding carboxylic acids is 10. The first kappa shape index (κ1) is 97.5. The van der Waals surface area contributed by atoms with Gasteiger partial charge in [0.2, 0.25) is 23.6 Å². The molecule has 0 aliphatic carbocycles. The van der Waals surface area contributed by atoms with Crippen LogP contribution in [0.1, 0.15) is 79.1 Å². The van der Waals surface area contributed by atoms with Gasteiger partial charge in [-0.25, -0.2) is 0 Å². The van der Waals surface area contributed by atoms with Gasteiger partial charge in [-0.15, -0.1) is 0 Å². The number of hydrogen-bond donors (Lipinski definition) is 5. The maximum Gasteiger partial charge on any atom is 0.305 e. The van der Waals surface area contributed by atoms with E-state index in [0.29, 0.717) is 124 Å². The summed E-state index contributed by atoms with van der Waals surface area (Å²) in [5.41, 5.74) is 0. The van der Waals surface area contributed by atoms with E-state index in [1.807, 2.05) is 28.5 Å². The first-order chi connectivity index (χ1) is 49.3. The summed E-state index contributed by atoms with van der Waals surface area (Å²) in [5, 5.41) is 15.3. The third-order valence-electron chi connectivity index (χ3n) is 18.1. The Morgan fingerprint density at radius 3 is 1.14 bits per heavy atom. The van der Waals surface area contributed by atoms with Crippen LogP contribution in [0, 0.1) is 5.92 Å². The topological polar surface area (TPSA) is 297 Å². The Labute approximate surface area is 630 Å². The lowest BCUT2D eigenvalue weighted by molar-refractivity contribution is -0.146. The second kappa shape index (κ2) is 57.6. The Hall–Kier alpha value is -4.47. The number of amides is 4. The van der Waals surface area contributed by atoms with Gasteiger partial charge in [-0.05, 0) is 152 Å². The molecule has 604 valence electrons. The van der Waals surface area contributed by atoms with E-state index in [-0.39, 0.29) is 156 Å². The number of unbranched alkanes of at least 4 members (excludes halogenated alkanes) is 1. The molecular weight excluding hydrogens is 1370 g/mol. The van der Waals surface area contributed by atoms with Gasteiger partial charge in [-0.2, -0.15) is 0 Å². The lowest BCUT2D eigenvalue weighted by Gasteiger charge is -2.36. The highest BCUT2D eigenvalue weighted by molar-refractivity contribution is 6.50. The van der Waals surface area contributed by atoms with Crippen molar-refractivity contribution in [2.24, 2.45) is 5.92 Å². The van der Waals surface area contributed by atoms with Gasteiger partial charge in [0.25, 0.3) is 0 Å². The molecule has 32 heteroatoms. The van der Waals surface area contributed by atoms with Gasteiger partial charge in [0.05, 0.1) is 84.6 Å². The average molecular weight is 1510 g/mol. The molecule has 2 fully saturated rings. The summed E-state index contributed by atoms with van der Waals surface area (Å²) in [7, 11) is 18.4. The Bertz CT molecular complexity index is 2460. The van der Waals surface area contributed by atoms with Gasteiger partial charge in [0.15, 0.2) is 41.2 Å². The van der Waals surface area contributed by atoms with Crippen LogP contribution in [0.25, 0.3) is 0 Å². The third-order valence-corrected chi connectivity index (χ3v) is 22.6. The van der Waals surface area contributed by atoms with Crippen molar-refractivity contribution in [3.63, 3.8) is 0 Å². The Kier molecular flexibility index (Phi) is 54.1. The monoisotopic (exact) mass is 1510 g/mol. The number of nitrogens with zero attached hydrogens (tertiary/aromatic N) is 12. The van der Waals surface area contributed by atoms with Crippen LogP contribution in [-0.2, 0) is 61.5 Å². The number of hydrogen-bond acceptors (Lipinski definition) is 26. The number of esters is 1. The lowest BCUT2D eigenvalue weighted by atomic mass is 9.98. The summed E-state index contributed by atoms with van der Waals surface area (Å²) >= 11 is 0. The molecule has 0 bridgehead atoms. The predicted octanol–water partition coefficient (Wildman–Crippen LogP) is -1.71. The normalized spacial score (nSPS) is 18.4. The zero-order valence-electron chi connectivity index (χ0n) is 67.9. The van der Waals surface area contributed by atoms with E-state index in [1.54, 1.807) is 104 Å². The highest BCUT2D eigenvalue weighted by atomic mass is 28.3. The molecule has 0 aromatic rings. The number of Topliss-reactive ketones (excluding diaryl/α,β-unsaturated/α-hetero) is 5. The number of carbonyl (C=O) groups is 10. The summed E-state index contributed by atoms with van der Waals surface area (Å²) in [4.78, 5) is 153. The second-order valence-electron chi connectivity index (χ2n) is 29.6. The van der Waals surface area contributed by atoms with Crippen LogP contribution >= 0.6 is 0 Å². The molecule has 2 rings (SSSR count).